The molecule has 158 valence electrons. The van der Waals surface area contributed by atoms with Crippen molar-refractivity contribution in [3.63, 3.8) is 0 Å². The van der Waals surface area contributed by atoms with E-state index in [2.05, 4.69) is 28.9 Å². The molecule has 1 aromatic heterocycles. The molecule has 29 heavy (non-hydrogen) atoms. The van der Waals surface area contributed by atoms with Crippen LogP contribution in [0.15, 0.2) is 6.20 Å². The number of carbonyl (C=O) groups is 1. The van der Waals surface area contributed by atoms with Crippen LogP contribution >= 0.6 is 11.6 Å². The summed E-state index contributed by atoms with van der Waals surface area (Å²) in [5.74, 6) is -4.26. The second kappa shape index (κ2) is 8.78. The highest BCUT2D eigenvalue weighted by Gasteiger charge is 2.29. The largest absolute Gasteiger partial charge is 0.349 e. The number of amides is 1. The Morgan fingerprint density at radius 1 is 1.17 bits per heavy atom. The van der Waals surface area contributed by atoms with Crippen LogP contribution in [0.25, 0.3) is 0 Å². The fraction of sp³-hybridized carbons (Fsp3) is 0.524. The number of halogens is 4. The molecule has 0 aliphatic heterocycles. The van der Waals surface area contributed by atoms with Crippen molar-refractivity contribution in [3.05, 3.63) is 51.1 Å². The van der Waals surface area contributed by atoms with Gasteiger partial charge in [-0.1, -0.05) is 18.5 Å². The maximum Gasteiger partial charge on any atom is 0.256 e. The van der Waals surface area contributed by atoms with E-state index in [1.165, 1.54) is 11.3 Å². The molecular formula is C21H25ClF3N3O. The van der Waals surface area contributed by atoms with E-state index in [9.17, 15) is 18.0 Å². The van der Waals surface area contributed by atoms with E-state index in [4.69, 9.17) is 11.6 Å². The predicted octanol–water partition coefficient (Wildman–Crippen LogP) is 5.12. The Hall–Kier alpha value is -2.02. The van der Waals surface area contributed by atoms with Crippen molar-refractivity contribution in [2.75, 3.05) is 0 Å². The second-order valence-corrected chi connectivity index (χ2v) is 8.13. The number of nitrogens with one attached hydrogen (secondary N) is 1. The molecule has 1 saturated carbocycles. The highest BCUT2D eigenvalue weighted by Crippen LogP contribution is 2.30. The summed E-state index contributed by atoms with van der Waals surface area (Å²) in [7, 11) is 0. The van der Waals surface area contributed by atoms with Gasteiger partial charge in [0.05, 0.1) is 16.8 Å². The molecular weight excluding hydrogens is 403 g/mol. The molecule has 0 atom stereocenters. The quantitative estimate of drug-likeness (QED) is 0.531. The summed E-state index contributed by atoms with van der Waals surface area (Å²) in [6.07, 6.45) is 6.03. The number of hydrogen-bond acceptors (Lipinski definition) is 2. The van der Waals surface area contributed by atoms with Gasteiger partial charge in [0.15, 0.2) is 11.6 Å². The van der Waals surface area contributed by atoms with E-state index in [1.54, 1.807) is 0 Å². The molecule has 1 aliphatic carbocycles. The van der Waals surface area contributed by atoms with E-state index < -0.39 is 39.5 Å². The fourth-order valence-corrected chi connectivity index (χ4v) is 4.32. The summed E-state index contributed by atoms with van der Waals surface area (Å²) in [5.41, 5.74) is 1.24. The molecule has 0 spiro atoms. The lowest BCUT2D eigenvalue weighted by Gasteiger charge is -2.29. The Bertz CT molecular complexity index is 891. The smallest absolute Gasteiger partial charge is 0.256 e. The lowest BCUT2D eigenvalue weighted by atomic mass is 9.85. The first-order valence-electron chi connectivity index (χ1n) is 9.89. The molecule has 1 N–H and O–H groups in total. The Kier molecular flexibility index (Phi) is 6.56. The van der Waals surface area contributed by atoms with Crippen LogP contribution in [0.5, 0.6) is 0 Å². The van der Waals surface area contributed by atoms with Gasteiger partial charge in [-0.05, 0) is 57.4 Å². The van der Waals surface area contributed by atoms with E-state index in [0.29, 0.717) is 5.92 Å². The molecule has 0 unspecified atom stereocenters. The normalized spacial score (nSPS) is 19.4. The van der Waals surface area contributed by atoms with Gasteiger partial charge < -0.3 is 5.32 Å². The van der Waals surface area contributed by atoms with Crippen molar-refractivity contribution < 1.29 is 18.0 Å². The fourth-order valence-electron chi connectivity index (χ4n) is 4.06. The van der Waals surface area contributed by atoms with Crippen LogP contribution < -0.4 is 5.32 Å². The summed E-state index contributed by atoms with van der Waals surface area (Å²) in [4.78, 5) is 12.5. The summed E-state index contributed by atoms with van der Waals surface area (Å²) in [6, 6.07) is -0.160. The zero-order chi connectivity index (χ0) is 21.3. The van der Waals surface area contributed by atoms with Gasteiger partial charge in [-0.3, -0.25) is 9.48 Å². The minimum absolute atomic E-state index is 0.160. The molecule has 1 heterocycles. The molecule has 0 saturated heterocycles. The predicted molar refractivity (Wildman–Crippen MR) is 106 cm³/mol. The van der Waals surface area contributed by atoms with E-state index in [0.717, 1.165) is 45.6 Å². The minimum atomic E-state index is -1.40. The number of nitrogens with zero attached hydrogens (tertiary/aromatic N) is 2. The minimum Gasteiger partial charge on any atom is -0.349 e. The molecule has 8 heteroatoms. The number of benzene rings is 1. The third-order valence-electron chi connectivity index (χ3n) is 5.82. The van der Waals surface area contributed by atoms with Crippen LogP contribution in [-0.2, 0) is 13.0 Å². The maximum atomic E-state index is 14.3. The molecule has 0 radical (unpaired) electrons. The number of aryl methyl sites for hydroxylation is 1. The lowest BCUT2D eigenvalue weighted by molar-refractivity contribution is 0.0915. The Morgan fingerprint density at radius 3 is 2.45 bits per heavy atom. The molecule has 2 aromatic rings. The SMILES string of the molecule is CCc1c(C)cnn1CC1CCC(NC(=O)c2c(F)c(C)c(F)c(F)c2Cl)CC1. The summed E-state index contributed by atoms with van der Waals surface area (Å²) in [6.45, 7) is 6.07. The first kappa shape index (κ1) is 21.7. The van der Waals surface area contributed by atoms with Crippen molar-refractivity contribution in [1.82, 2.24) is 15.1 Å². The number of carbonyl (C=O) groups excluding carboxylic acids is 1. The number of rotatable bonds is 5. The zero-order valence-corrected chi connectivity index (χ0v) is 17.5. The van der Waals surface area contributed by atoms with Crippen LogP contribution in [0.3, 0.4) is 0 Å². The molecule has 1 aliphatic rings. The summed E-state index contributed by atoms with van der Waals surface area (Å²) in [5, 5.41) is 6.36. The maximum absolute atomic E-state index is 14.3. The standard InChI is InChI=1S/C21H25ClF3N3O/c1-4-15-11(2)9-26-28(15)10-13-5-7-14(8-6-13)27-21(29)16-17(22)20(25)19(24)12(3)18(16)23/h9,13-14H,4-8,10H2,1-3H3,(H,27,29). The van der Waals surface area contributed by atoms with E-state index in [-0.39, 0.29) is 6.04 Å². The molecule has 1 amide bonds. The van der Waals surface area contributed by atoms with Crippen LogP contribution in [0.2, 0.25) is 5.02 Å². The van der Waals surface area contributed by atoms with Gasteiger partial charge in [0.1, 0.15) is 5.82 Å². The second-order valence-electron chi connectivity index (χ2n) is 7.76. The third kappa shape index (κ3) is 4.29. The third-order valence-corrected chi connectivity index (χ3v) is 6.17. The van der Waals surface area contributed by atoms with Crippen molar-refractivity contribution in [2.24, 2.45) is 5.92 Å². The Labute approximate surface area is 173 Å². The van der Waals surface area contributed by atoms with Crippen LogP contribution in [0, 0.1) is 37.2 Å². The van der Waals surface area contributed by atoms with E-state index in [1.807, 2.05) is 6.20 Å². The highest BCUT2D eigenvalue weighted by atomic mass is 35.5. The van der Waals surface area contributed by atoms with Gasteiger partial charge in [-0.15, -0.1) is 0 Å². The molecule has 3 rings (SSSR count). The number of hydrogen-bond donors (Lipinski definition) is 1. The first-order valence-corrected chi connectivity index (χ1v) is 10.3. The summed E-state index contributed by atoms with van der Waals surface area (Å²) >= 11 is 5.71. The zero-order valence-electron chi connectivity index (χ0n) is 16.8. The van der Waals surface area contributed by atoms with Gasteiger partial charge in [-0.2, -0.15) is 5.10 Å². The van der Waals surface area contributed by atoms with Gasteiger partial charge in [0.2, 0.25) is 0 Å². The van der Waals surface area contributed by atoms with Gasteiger partial charge in [-0.25, -0.2) is 13.2 Å². The lowest BCUT2D eigenvalue weighted by Crippen LogP contribution is -2.39. The molecule has 1 fully saturated rings. The molecule has 1 aromatic carbocycles. The monoisotopic (exact) mass is 427 g/mol. The Balaban J connectivity index is 1.62. The highest BCUT2D eigenvalue weighted by molar-refractivity contribution is 6.34. The molecule has 0 bridgehead atoms. The molecule has 4 nitrogen and oxygen atoms in total. The van der Waals surface area contributed by atoms with Crippen molar-refractivity contribution >= 4 is 17.5 Å². The van der Waals surface area contributed by atoms with E-state index >= 15 is 0 Å². The van der Waals surface area contributed by atoms with Crippen molar-refractivity contribution in [3.8, 4) is 0 Å². The van der Waals surface area contributed by atoms with Crippen LogP contribution in [-0.4, -0.2) is 21.7 Å². The first-order chi connectivity index (χ1) is 13.7. The Morgan fingerprint density at radius 2 is 1.83 bits per heavy atom. The van der Waals surface area contributed by atoms with Crippen LogP contribution in [0.1, 0.15) is 59.8 Å². The average molecular weight is 428 g/mol. The van der Waals surface area contributed by atoms with Crippen LogP contribution in [0.4, 0.5) is 13.2 Å². The summed E-state index contributed by atoms with van der Waals surface area (Å²) < 4.78 is 43.8. The van der Waals surface area contributed by atoms with Gasteiger partial charge in [0, 0.05) is 23.8 Å². The van der Waals surface area contributed by atoms with Crippen molar-refractivity contribution in [1.29, 1.82) is 0 Å². The van der Waals surface area contributed by atoms with Gasteiger partial charge >= 0.3 is 0 Å². The van der Waals surface area contributed by atoms with Gasteiger partial charge in [0.25, 0.3) is 5.91 Å². The number of aromatic nitrogens is 2. The average Bonchev–Trinajstić information content (AvgIpc) is 3.05. The van der Waals surface area contributed by atoms with Crippen molar-refractivity contribution in [2.45, 2.75) is 65.5 Å². The topological polar surface area (TPSA) is 46.9 Å².